The minimum atomic E-state index is 0.148. The molecule has 1 aliphatic heterocycles. The zero-order valence-electron chi connectivity index (χ0n) is 10.9. The summed E-state index contributed by atoms with van der Waals surface area (Å²) in [6.45, 7) is 3.86. The van der Waals surface area contributed by atoms with Crippen LogP contribution in [0.25, 0.3) is 0 Å². The van der Waals surface area contributed by atoms with Gasteiger partial charge in [-0.1, -0.05) is 23.7 Å². The van der Waals surface area contributed by atoms with Gasteiger partial charge in [-0.3, -0.25) is 4.79 Å². The van der Waals surface area contributed by atoms with Gasteiger partial charge in [-0.05, 0) is 30.7 Å². The van der Waals surface area contributed by atoms with Crippen LogP contribution >= 0.6 is 11.6 Å². The zero-order valence-corrected chi connectivity index (χ0v) is 11.7. The minimum Gasteiger partial charge on any atom is -0.378 e. The summed E-state index contributed by atoms with van der Waals surface area (Å²) in [6.07, 6.45) is 0.872. The average Bonchev–Trinajstić information content (AvgIpc) is 2.44. The van der Waals surface area contributed by atoms with Crippen LogP contribution in [0.1, 0.15) is 5.56 Å². The monoisotopic (exact) mass is 282 g/mol. The number of carbonyl (C=O) groups excluding carboxylic acids is 1. The number of ether oxygens (including phenoxy) is 1. The summed E-state index contributed by atoms with van der Waals surface area (Å²) in [7, 11) is 0. The molecule has 2 rings (SSSR count). The molecule has 1 fully saturated rings. The van der Waals surface area contributed by atoms with Gasteiger partial charge in [0.2, 0.25) is 5.91 Å². The molecule has 1 heterocycles. The molecule has 1 saturated heterocycles. The molecule has 1 amide bonds. The molecule has 0 radical (unpaired) electrons. The molecule has 0 atom stereocenters. The van der Waals surface area contributed by atoms with Gasteiger partial charge >= 0.3 is 0 Å². The number of hydrogen-bond acceptors (Lipinski definition) is 3. The second-order valence-electron chi connectivity index (χ2n) is 4.55. The molecule has 1 N–H and O–H groups in total. The topological polar surface area (TPSA) is 41.6 Å². The summed E-state index contributed by atoms with van der Waals surface area (Å²) in [6, 6.07) is 7.79. The van der Waals surface area contributed by atoms with E-state index in [1.165, 1.54) is 5.56 Å². The highest BCUT2D eigenvalue weighted by Gasteiger charge is 2.15. The summed E-state index contributed by atoms with van der Waals surface area (Å²) >= 11 is 5.92. The van der Waals surface area contributed by atoms with Gasteiger partial charge in [-0.2, -0.15) is 0 Å². The van der Waals surface area contributed by atoms with E-state index < -0.39 is 0 Å². The SMILES string of the molecule is O=C(CNCCc1cccc(Cl)c1)N1CCOCC1. The Hall–Kier alpha value is -1.10. The van der Waals surface area contributed by atoms with Crippen LogP contribution in [0.2, 0.25) is 5.02 Å². The number of nitrogens with one attached hydrogen (secondary N) is 1. The van der Waals surface area contributed by atoms with Crippen LogP contribution in [0.15, 0.2) is 24.3 Å². The largest absolute Gasteiger partial charge is 0.378 e. The second-order valence-corrected chi connectivity index (χ2v) is 4.99. The summed E-state index contributed by atoms with van der Waals surface area (Å²) in [5.41, 5.74) is 1.18. The quantitative estimate of drug-likeness (QED) is 0.829. The summed E-state index contributed by atoms with van der Waals surface area (Å²) in [4.78, 5) is 13.7. The molecule has 1 aliphatic rings. The molecule has 0 unspecified atom stereocenters. The van der Waals surface area contributed by atoms with Gasteiger partial charge in [0.15, 0.2) is 0 Å². The third-order valence-electron chi connectivity index (χ3n) is 3.12. The molecule has 0 spiro atoms. The second kappa shape index (κ2) is 7.48. The van der Waals surface area contributed by atoms with Crippen LogP contribution in [0.4, 0.5) is 0 Å². The van der Waals surface area contributed by atoms with E-state index in [1.807, 2.05) is 29.2 Å². The van der Waals surface area contributed by atoms with Crippen LogP contribution in [-0.4, -0.2) is 50.2 Å². The Bertz CT molecular complexity index is 420. The highest BCUT2D eigenvalue weighted by molar-refractivity contribution is 6.30. The number of amides is 1. The van der Waals surface area contributed by atoms with Crippen LogP contribution in [0.3, 0.4) is 0 Å². The number of nitrogens with zero attached hydrogens (tertiary/aromatic N) is 1. The molecular formula is C14H19ClN2O2. The highest BCUT2D eigenvalue weighted by Crippen LogP contribution is 2.10. The fraction of sp³-hybridized carbons (Fsp3) is 0.500. The molecular weight excluding hydrogens is 264 g/mol. The van der Waals surface area contributed by atoms with Gasteiger partial charge in [0, 0.05) is 18.1 Å². The van der Waals surface area contributed by atoms with Crippen molar-refractivity contribution in [2.45, 2.75) is 6.42 Å². The van der Waals surface area contributed by atoms with Crippen LogP contribution in [0, 0.1) is 0 Å². The maximum absolute atomic E-state index is 11.9. The van der Waals surface area contributed by atoms with Gasteiger partial charge in [0.05, 0.1) is 19.8 Å². The fourth-order valence-electron chi connectivity index (χ4n) is 2.05. The molecule has 5 heteroatoms. The first-order chi connectivity index (χ1) is 9.25. The number of halogens is 1. The van der Waals surface area contributed by atoms with Crippen molar-refractivity contribution in [1.29, 1.82) is 0 Å². The molecule has 104 valence electrons. The third-order valence-corrected chi connectivity index (χ3v) is 3.35. The van der Waals surface area contributed by atoms with Gasteiger partial charge < -0.3 is 15.0 Å². The lowest BCUT2D eigenvalue weighted by molar-refractivity contribution is -0.134. The van der Waals surface area contributed by atoms with Crippen molar-refractivity contribution < 1.29 is 9.53 Å². The number of carbonyl (C=O) groups is 1. The number of hydrogen-bond donors (Lipinski definition) is 1. The van der Waals surface area contributed by atoms with Crippen molar-refractivity contribution >= 4 is 17.5 Å². The molecule has 1 aromatic rings. The predicted octanol–water partition coefficient (Wildman–Crippen LogP) is 1.33. The Kier molecular flexibility index (Phi) is 5.63. The van der Waals surface area contributed by atoms with Crippen molar-refractivity contribution in [3.63, 3.8) is 0 Å². The summed E-state index contributed by atoms with van der Waals surface area (Å²) < 4.78 is 5.22. The Labute approximate surface area is 118 Å². The smallest absolute Gasteiger partial charge is 0.236 e. The van der Waals surface area contributed by atoms with Crippen molar-refractivity contribution in [2.24, 2.45) is 0 Å². The lowest BCUT2D eigenvalue weighted by Crippen LogP contribution is -2.44. The summed E-state index contributed by atoms with van der Waals surface area (Å²) in [5.74, 6) is 0.148. The first-order valence-corrected chi connectivity index (χ1v) is 6.94. The van der Waals surface area contributed by atoms with E-state index in [1.54, 1.807) is 0 Å². The van der Waals surface area contributed by atoms with E-state index in [4.69, 9.17) is 16.3 Å². The van der Waals surface area contributed by atoms with E-state index in [2.05, 4.69) is 5.32 Å². The lowest BCUT2D eigenvalue weighted by atomic mass is 10.1. The number of benzene rings is 1. The normalized spacial score (nSPS) is 15.5. The molecule has 0 aromatic heterocycles. The Morgan fingerprint density at radius 3 is 2.89 bits per heavy atom. The van der Waals surface area contributed by atoms with Crippen molar-refractivity contribution in [3.8, 4) is 0 Å². The van der Waals surface area contributed by atoms with Gasteiger partial charge in [0.25, 0.3) is 0 Å². The van der Waals surface area contributed by atoms with Crippen LogP contribution < -0.4 is 5.32 Å². The van der Waals surface area contributed by atoms with Crippen molar-refractivity contribution in [3.05, 3.63) is 34.9 Å². The molecule has 0 aliphatic carbocycles. The van der Waals surface area contributed by atoms with E-state index >= 15 is 0 Å². The van der Waals surface area contributed by atoms with Gasteiger partial charge in [-0.15, -0.1) is 0 Å². The number of rotatable bonds is 5. The van der Waals surface area contributed by atoms with Crippen LogP contribution in [-0.2, 0) is 16.0 Å². The third kappa shape index (κ3) is 4.82. The number of morpholine rings is 1. The van der Waals surface area contributed by atoms with Crippen molar-refractivity contribution in [1.82, 2.24) is 10.2 Å². The minimum absolute atomic E-state index is 0.148. The first kappa shape index (κ1) is 14.3. The van der Waals surface area contributed by atoms with Crippen molar-refractivity contribution in [2.75, 3.05) is 39.4 Å². The summed E-state index contributed by atoms with van der Waals surface area (Å²) in [5, 5.41) is 3.93. The highest BCUT2D eigenvalue weighted by atomic mass is 35.5. The molecule has 1 aromatic carbocycles. The molecule has 19 heavy (non-hydrogen) atoms. The van der Waals surface area contributed by atoms with E-state index in [0.717, 1.165) is 18.0 Å². The molecule has 0 saturated carbocycles. The Morgan fingerprint density at radius 1 is 1.37 bits per heavy atom. The molecule has 0 bridgehead atoms. The van der Waals surface area contributed by atoms with Gasteiger partial charge in [-0.25, -0.2) is 0 Å². The average molecular weight is 283 g/mol. The van der Waals surface area contributed by atoms with Crippen LogP contribution in [0.5, 0.6) is 0 Å². The van der Waals surface area contributed by atoms with E-state index in [9.17, 15) is 4.79 Å². The Morgan fingerprint density at radius 2 is 2.16 bits per heavy atom. The predicted molar refractivity (Wildman–Crippen MR) is 75.4 cm³/mol. The van der Waals surface area contributed by atoms with E-state index in [-0.39, 0.29) is 5.91 Å². The maximum atomic E-state index is 11.9. The lowest BCUT2D eigenvalue weighted by Gasteiger charge is -2.26. The fourth-order valence-corrected chi connectivity index (χ4v) is 2.26. The molecule has 4 nitrogen and oxygen atoms in total. The Balaban J connectivity index is 1.65. The van der Waals surface area contributed by atoms with E-state index in [0.29, 0.717) is 32.8 Å². The van der Waals surface area contributed by atoms with Gasteiger partial charge in [0.1, 0.15) is 0 Å². The first-order valence-electron chi connectivity index (χ1n) is 6.56. The standard InChI is InChI=1S/C14H19ClN2O2/c15-13-3-1-2-12(10-13)4-5-16-11-14(18)17-6-8-19-9-7-17/h1-3,10,16H,4-9,11H2. The maximum Gasteiger partial charge on any atom is 0.236 e. The zero-order chi connectivity index (χ0) is 13.5.